The van der Waals surface area contributed by atoms with Crippen LogP contribution < -0.4 is 0 Å². The lowest BCUT2D eigenvalue weighted by Gasteiger charge is -2.26. The lowest BCUT2D eigenvalue weighted by Crippen LogP contribution is -2.43. The van der Waals surface area contributed by atoms with Gasteiger partial charge in [-0.25, -0.2) is 4.79 Å². The van der Waals surface area contributed by atoms with Crippen molar-refractivity contribution in [1.29, 1.82) is 0 Å². The quantitative estimate of drug-likeness (QED) is 0.752. The summed E-state index contributed by atoms with van der Waals surface area (Å²) in [5.74, 6) is -0.967. The van der Waals surface area contributed by atoms with Gasteiger partial charge in [0.15, 0.2) is 0 Å². The van der Waals surface area contributed by atoms with E-state index in [2.05, 4.69) is 0 Å². The Bertz CT molecular complexity index is 353. The molecular weight excluding hydrogens is 252 g/mol. The molecule has 1 rings (SSSR count). The van der Waals surface area contributed by atoms with Crippen molar-refractivity contribution in [2.75, 3.05) is 26.7 Å². The van der Waals surface area contributed by atoms with Gasteiger partial charge in [-0.2, -0.15) is 0 Å². The molecule has 19 heavy (non-hydrogen) atoms. The number of hydrogen-bond donors (Lipinski definition) is 2. The number of carbonyl (C=O) groups is 2. The Kier molecular flexibility index (Phi) is 4.75. The molecule has 7 heteroatoms. The van der Waals surface area contributed by atoms with Crippen LogP contribution in [0.1, 0.15) is 20.8 Å². The molecule has 7 nitrogen and oxygen atoms in total. The number of hydrogen-bond acceptors (Lipinski definition) is 5. The van der Waals surface area contributed by atoms with Crippen LogP contribution in [-0.2, 0) is 9.53 Å². The molecule has 1 aliphatic rings. The number of likely N-dealkylation sites (N-methyl/N-ethyl adjacent to an activating group) is 1. The van der Waals surface area contributed by atoms with Crippen molar-refractivity contribution in [3.05, 3.63) is 0 Å². The second-order valence-electron chi connectivity index (χ2n) is 5.83. The Balaban J connectivity index is 2.59. The number of β-amino-alcohol motifs (C(OH)–C–C–N with tert-alkyl or cyclic N) is 1. The van der Waals surface area contributed by atoms with Crippen LogP contribution in [0.3, 0.4) is 0 Å². The summed E-state index contributed by atoms with van der Waals surface area (Å²) in [7, 11) is 1.61. The molecule has 1 fully saturated rings. The average Bonchev–Trinajstić information content (AvgIpc) is 2.56. The molecule has 0 aromatic rings. The van der Waals surface area contributed by atoms with Gasteiger partial charge in [0, 0.05) is 6.54 Å². The first-order valence-electron chi connectivity index (χ1n) is 6.18. The molecular formula is C12H22N2O5. The largest absolute Gasteiger partial charge is 0.480 e. The van der Waals surface area contributed by atoms with E-state index >= 15 is 0 Å². The highest BCUT2D eigenvalue weighted by molar-refractivity contribution is 5.70. The fraction of sp³-hybridized carbons (Fsp3) is 0.833. The number of carbonyl (C=O) groups excluding carboxylic acids is 1. The number of carboxylic acid groups (broad SMARTS) is 1. The van der Waals surface area contributed by atoms with E-state index in [1.54, 1.807) is 27.8 Å². The number of carboxylic acids is 1. The molecule has 2 N–H and O–H groups in total. The maximum Gasteiger partial charge on any atom is 0.410 e. The summed E-state index contributed by atoms with van der Waals surface area (Å²) in [5.41, 5.74) is -0.590. The standard InChI is InChI=1S/C12H22N2O5/c1-12(2,3)19-11(18)14-5-8(9(15)6-14)13(4)7-10(16)17/h8-9,15H,5-7H2,1-4H3,(H,16,17)/t8-,9-/m1/s1. The number of rotatable bonds is 3. The smallest absolute Gasteiger partial charge is 0.410 e. The zero-order valence-electron chi connectivity index (χ0n) is 11.8. The minimum absolute atomic E-state index is 0.156. The molecule has 110 valence electrons. The van der Waals surface area contributed by atoms with Gasteiger partial charge in [0.05, 0.1) is 25.2 Å². The molecule has 0 unspecified atom stereocenters. The van der Waals surface area contributed by atoms with E-state index in [9.17, 15) is 14.7 Å². The molecule has 0 aromatic carbocycles. The van der Waals surface area contributed by atoms with Crippen LogP contribution in [0.25, 0.3) is 0 Å². The maximum absolute atomic E-state index is 11.9. The van der Waals surface area contributed by atoms with E-state index < -0.39 is 23.8 Å². The summed E-state index contributed by atoms with van der Waals surface area (Å²) in [6.07, 6.45) is -1.25. The molecule has 1 aliphatic heterocycles. The van der Waals surface area contributed by atoms with Crippen molar-refractivity contribution in [2.24, 2.45) is 0 Å². The van der Waals surface area contributed by atoms with Crippen LogP contribution in [0.5, 0.6) is 0 Å². The highest BCUT2D eigenvalue weighted by atomic mass is 16.6. The Labute approximate surface area is 112 Å². The second-order valence-corrected chi connectivity index (χ2v) is 5.83. The number of aliphatic carboxylic acids is 1. The lowest BCUT2D eigenvalue weighted by molar-refractivity contribution is -0.138. The number of aliphatic hydroxyl groups is 1. The van der Waals surface area contributed by atoms with Gasteiger partial charge in [0.1, 0.15) is 5.60 Å². The van der Waals surface area contributed by atoms with Crippen LogP contribution in [0.4, 0.5) is 4.79 Å². The van der Waals surface area contributed by atoms with Crippen LogP contribution >= 0.6 is 0 Å². The minimum atomic E-state index is -0.967. The van der Waals surface area contributed by atoms with Crippen LogP contribution in [0.2, 0.25) is 0 Å². The molecule has 0 aliphatic carbocycles. The van der Waals surface area contributed by atoms with Crippen molar-refractivity contribution < 1.29 is 24.5 Å². The lowest BCUT2D eigenvalue weighted by atomic mass is 10.2. The molecule has 1 saturated heterocycles. The molecule has 1 amide bonds. The highest BCUT2D eigenvalue weighted by Crippen LogP contribution is 2.18. The molecule has 0 aromatic heterocycles. The summed E-state index contributed by atoms with van der Waals surface area (Å²) in [6.45, 7) is 5.55. The first-order valence-corrected chi connectivity index (χ1v) is 6.18. The summed E-state index contributed by atoms with van der Waals surface area (Å²) < 4.78 is 5.22. The van der Waals surface area contributed by atoms with Crippen molar-refractivity contribution in [3.63, 3.8) is 0 Å². The fourth-order valence-corrected chi connectivity index (χ4v) is 2.01. The number of amides is 1. The number of aliphatic hydroxyl groups excluding tert-OH is 1. The fourth-order valence-electron chi connectivity index (χ4n) is 2.01. The van der Waals surface area contributed by atoms with Crippen molar-refractivity contribution in [2.45, 2.75) is 38.5 Å². The third kappa shape index (κ3) is 4.68. The van der Waals surface area contributed by atoms with Crippen molar-refractivity contribution in [1.82, 2.24) is 9.80 Å². The second kappa shape index (κ2) is 5.75. The zero-order valence-corrected chi connectivity index (χ0v) is 11.8. The zero-order chi connectivity index (χ0) is 14.8. The molecule has 0 spiro atoms. The molecule has 0 saturated carbocycles. The van der Waals surface area contributed by atoms with Gasteiger partial charge in [-0.15, -0.1) is 0 Å². The van der Waals surface area contributed by atoms with Gasteiger partial charge in [-0.1, -0.05) is 0 Å². The Morgan fingerprint density at radius 2 is 1.95 bits per heavy atom. The van der Waals surface area contributed by atoms with Crippen LogP contribution in [0.15, 0.2) is 0 Å². The highest BCUT2D eigenvalue weighted by Gasteiger charge is 2.38. The van der Waals surface area contributed by atoms with Gasteiger partial charge < -0.3 is 19.8 Å². The monoisotopic (exact) mass is 274 g/mol. The SMILES string of the molecule is CN(CC(=O)O)[C@@H]1CN(C(=O)OC(C)(C)C)C[C@H]1O. The Hall–Kier alpha value is -1.34. The Morgan fingerprint density at radius 3 is 2.42 bits per heavy atom. The molecule has 0 bridgehead atoms. The predicted octanol–water partition coefficient (Wildman–Crippen LogP) is -0.0170. The number of nitrogens with zero attached hydrogens (tertiary/aromatic N) is 2. The van der Waals surface area contributed by atoms with E-state index in [1.807, 2.05) is 0 Å². The summed E-state index contributed by atoms with van der Waals surface area (Å²) in [4.78, 5) is 25.4. The first-order chi connectivity index (χ1) is 8.60. The van der Waals surface area contributed by atoms with E-state index in [0.29, 0.717) is 0 Å². The van der Waals surface area contributed by atoms with Gasteiger partial charge in [-0.3, -0.25) is 9.69 Å². The van der Waals surface area contributed by atoms with E-state index in [4.69, 9.17) is 9.84 Å². The summed E-state index contributed by atoms with van der Waals surface area (Å²) in [5, 5.41) is 18.6. The van der Waals surface area contributed by atoms with Gasteiger partial charge in [-0.05, 0) is 27.8 Å². The van der Waals surface area contributed by atoms with Crippen molar-refractivity contribution >= 4 is 12.1 Å². The molecule has 0 radical (unpaired) electrons. The third-order valence-corrected chi connectivity index (χ3v) is 2.86. The van der Waals surface area contributed by atoms with Crippen LogP contribution in [0, 0.1) is 0 Å². The van der Waals surface area contributed by atoms with Crippen molar-refractivity contribution in [3.8, 4) is 0 Å². The van der Waals surface area contributed by atoms with Gasteiger partial charge in [0.2, 0.25) is 0 Å². The van der Waals surface area contributed by atoms with E-state index in [-0.39, 0.29) is 25.7 Å². The van der Waals surface area contributed by atoms with E-state index in [1.165, 1.54) is 9.80 Å². The Morgan fingerprint density at radius 1 is 1.37 bits per heavy atom. The first kappa shape index (κ1) is 15.7. The third-order valence-electron chi connectivity index (χ3n) is 2.86. The predicted molar refractivity (Wildman–Crippen MR) is 67.9 cm³/mol. The van der Waals surface area contributed by atoms with Gasteiger partial charge >= 0.3 is 12.1 Å². The van der Waals surface area contributed by atoms with Gasteiger partial charge in [0.25, 0.3) is 0 Å². The molecule has 1 heterocycles. The minimum Gasteiger partial charge on any atom is -0.480 e. The summed E-state index contributed by atoms with van der Waals surface area (Å²) >= 11 is 0. The number of likely N-dealkylation sites (tertiary alicyclic amines) is 1. The maximum atomic E-state index is 11.9. The summed E-state index contributed by atoms with van der Waals surface area (Å²) in [6, 6.07) is -0.386. The number of ether oxygens (including phenoxy) is 1. The molecule has 2 atom stereocenters. The normalized spacial score (nSPS) is 23.8. The average molecular weight is 274 g/mol. The van der Waals surface area contributed by atoms with E-state index in [0.717, 1.165) is 0 Å². The van der Waals surface area contributed by atoms with Crippen LogP contribution in [-0.4, -0.2) is 76.5 Å². The topological polar surface area (TPSA) is 90.3 Å².